The number of esters is 1. The maximum Gasteiger partial charge on any atom is 0.307 e. The SMILES string of the molecule is CCn1ncc2c(NC3CCOC(=O)C3)c(-c3nnc(CNC(C)=O)o3)cnc21. The van der Waals surface area contributed by atoms with Crippen molar-refractivity contribution in [3.63, 3.8) is 0 Å². The third-order valence-corrected chi connectivity index (χ3v) is 4.64. The van der Waals surface area contributed by atoms with Gasteiger partial charge in [-0.25, -0.2) is 9.67 Å². The highest BCUT2D eigenvalue weighted by atomic mass is 16.5. The predicted molar refractivity (Wildman–Crippen MR) is 102 cm³/mol. The van der Waals surface area contributed by atoms with Crippen molar-refractivity contribution >= 4 is 28.6 Å². The molecule has 2 N–H and O–H groups in total. The van der Waals surface area contributed by atoms with Crippen LogP contribution in [0.15, 0.2) is 16.8 Å². The van der Waals surface area contributed by atoms with E-state index in [0.717, 1.165) is 16.7 Å². The van der Waals surface area contributed by atoms with Gasteiger partial charge in [0.15, 0.2) is 5.65 Å². The third-order valence-electron chi connectivity index (χ3n) is 4.64. The van der Waals surface area contributed by atoms with E-state index in [0.29, 0.717) is 25.1 Å². The summed E-state index contributed by atoms with van der Waals surface area (Å²) < 4.78 is 12.5. The number of cyclic esters (lactones) is 1. The minimum absolute atomic E-state index is 0.0904. The fourth-order valence-electron chi connectivity index (χ4n) is 3.21. The average Bonchev–Trinajstić information content (AvgIpc) is 3.33. The van der Waals surface area contributed by atoms with Crippen molar-refractivity contribution in [2.75, 3.05) is 11.9 Å². The molecular weight excluding hydrogens is 378 g/mol. The van der Waals surface area contributed by atoms with Crippen molar-refractivity contribution in [3.05, 3.63) is 18.3 Å². The zero-order chi connectivity index (χ0) is 20.4. The molecule has 0 saturated carbocycles. The number of pyridine rings is 1. The van der Waals surface area contributed by atoms with Gasteiger partial charge in [-0.2, -0.15) is 5.10 Å². The van der Waals surface area contributed by atoms with Crippen LogP contribution in [0.2, 0.25) is 0 Å². The Hall–Kier alpha value is -3.50. The Kier molecular flexibility index (Phi) is 5.10. The molecule has 1 aliphatic rings. The lowest BCUT2D eigenvalue weighted by Crippen LogP contribution is -2.31. The van der Waals surface area contributed by atoms with Crippen LogP contribution in [-0.2, 0) is 27.4 Å². The Balaban J connectivity index is 1.72. The van der Waals surface area contributed by atoms with E-state index in [2.05, 4.69) is 30.9 Å². The Morgan fingerprint density at radius 2 is 2.21 bits per heavy atom. The van der Waals surface area contributed by atoms with Crippen molar-refractivity contribution in [3.8, 4) is 11.5 Å². The number of carbonyl (C=O) groups is 2. The number of fused-ring (bicyclic) bond motifs is 1. The summed E-state index contributed by atoms with van der Waals surface area (Å²) in [5.41, 5.74) is 2.05. The molecule has 11 heteroatoms. The number of ether oxygens (including phenoxy) is 1. The molecule has 11 nitrogen and oxygen atoms in total. The van der Waals surface area contributed by atoms with Crippen LogP contribution in [-0.4, -0.2) is 49.5 Å². The molecule has 1 aliphatic heterocycles. The third kappa shape index (κ3) is 3.89. The minimum Gasteiger partial charge on any atom is -0.466 e. The zero-order valence-corrected chi connectivity index (χ0v) is 16.1. The van der Waals surface area contributed by atoms with E-state index in [-0.39, 0.29) is 42.7 Å². The molecule has 0 aliphatic carbocycles. The maximum atomic E-state index is 11.7. The van der Waals surface area contributed by atoms with Crippen molar-refractivity contribution < 1.29 is 18.7 Å². The number of hydrogen-bond acceptors (Lipinski definition) is 9. The molecule has 4 heterocycles. The van der Waals surface area contributed by atoms with Crippen molar-refractivity contribution in [2.24, 2.45) is 0 Å². The molecule has 1 unspecified atom stereocenters. The Labute approximate surface area is 165 Å². The summed E-state index contributed by atoms with van der Waals surface area (Å²) in [6.07, 6.45) is 4.33. The van der Waals surface area contributed by atoms with Gasteiger partial charge in [0.2, 0.25) is 11.8 Å². The molecule has 1 amide bonds. The van der Waals surface area contributed by atoms with E-state index < -0.39 is 0 Å². The smallest absolute Gasteiger partial charge is 0.307 e. The van der Waals surface area contributed by atoms with Gasteiger partial charge in [0.1, 0.15) is 0 Å². The Bertz CT molecular complexity index is 1060. The van der Waals surface area contributed by atoms with E-state index in [1.807, 2.05) is 6.92 Å². The highest BCUT2D eigenvalue weighted by Gasteiger charge is 2.25. The lowest BCUT2D eigenvalue weighted by atomic mass is 10.1. The second-order valence-corrected chi connectivity index (χ2v) is 6.71. The van der Waals surface area contributed by atoms with E-state index in [4.69, 9.17) is 9.15 Å². The molecule has 4 rings (SSSR count). The first-order chi connectivity index (χ1) is 14.0. The summed E-state index contributed by atoms with van der Waals surface area (Å²) in [6, 6.07) is -0.0904. The van der Waals surface area contributed by atoms with Crippen molar-refractivity contribution in [1.29, 1.82) is 0 Å². The Morgan fingerprint density at radius 1 is 1.34 bits per heavy atom. The van der Waals surface area contributed by atoms with E-state index >= 15 is 0 Å². The molecule has 152 valence electrons. The first-order valence-electron chi connectivity index (χ1n) is 9.39. The first-order valence-corrected chi connectivity index (χ1v) is 9.39. The summed E-state index contributed by atoms with van der Waals surface area (Å²) in [7, 11) is 0. The number of amides is 1. The van der Waals surface area contributed by atoms with Gasteiger partial charge in [0.05, 0.1) is 42.4 Å². The summed E-state index contributed by atoms with van der Waals surface area (Å²) in [6.45, 7) is 4.58. The summed E-state index contributed by atoms with van der Waals surface area (Å²) >= 11 is 0. The molecule has 1 saturated heterocycles. The molecule has 0 aromatic carbocycles. The number of nitrogens with one attached hydrogen (secondary N) is 2. The van der Waals surface area contributed by atoms with Gasteiger partial charge in [0, 0.05) is 32.1 Å². The van der Waals surface area contributed by atoms with Gasteiger partial charge in [-0.05, 0) is 6.92 Å². The number of aromatic nitrogens is 5. The van der Waals surface area contributed by atoms with Crippen LogP contribution in [0, 0.1) is 0 Å². The standard InChI is InChI=1S/C18H21N7O4/c1-3-25-17-12(8-21-25)16(22-11-4-5-28-15(27)6-11)13(7-20-17)18-24-23-14(29-18)9-19-10(2)26/h7-8,11H,3-6,9H2,1-2H3,(H,19,26)(H,20,22). The second-order valence-electron chi connectivity index (χ2n) is 6.71. The average molecular weight is 399 g/mol. The number of aryl methyl sites for hydroxylation is 1. The molecule has 1 atom stereocenters. The van der Waals surface area contributed by atoms with Crippen LogP contribution < -0.4 is 10.6 Å². The predicted octanol–water partition coefficient (Wildman–Crippen LogP) is 1.25. The molecule has 0 radical (unpaired) electrons. The highest BCUT2D eigenvalue weighted by Crippen LogP contribution is 2.34. The quantitative estimate of drug-likeness (QED) is 0.587. The van der Waals surface area contributed by atoms with Crippen LogP contribution in [0.25, 0.3) is 22.5 Å². The number of rotatable bonds is 6. The van der Waals surface area contributed by atoms with Crippen LogP contribution in [0.4, 0.5) is 5.69 Å². The number of nitrogens with zero attached hydrogens (tertiary/aromatic N) is 5. The molecule has 0 bridgehead atoms. The van der Waals surface area contributed by atoms with Crippen molar-refractivity contribution in [1.82, 2.24) is 30.3 Å². The van der Waals surface area contributed by atoms with Gasteiger partial charge in [0.25, 0.3) is 5.89 Å². The van der Waals surface area contributed by atoms with Crippen LogP contribution in [0.1, 0.15) is 32.6 Å². The monoisotopic (exact) mass is 399 g/mol. The van der Waals surface area contributed by atoms with Gasteiger partial charge >= 0.3 is 5.97 Å². The normalized spacial score (nSPS) is 16.6. The number of carbonyl (C=O) groups excluding carboxylic acids is 2. The van der Waals surface area contributed by atoms with Gasteiger partial charge in [-0.3, -0.25) is 9.59 Å². The number of anilines is 1. The van der Waals surface area contributed by atoms with Gasteiger partial charge < -0.3 is 19.8 Å². The fraction of sp³-hybridized carbons (Fsp3) is 0.444. The molecule has 29 heavy (non-hydrogen) atoms. The minimum atomic E-state index is -0.236. The van der Waals surface area contributed by atoms with E-state index in [9.17, 15) is 9.59 Å². The number of hydrogen-bond donors (Lipinski definition) is 2. The lowest BCUT2D eigenvalue weighted by molar-refractivity contribution is -0.147. The molecular formula is C18H21N7O4. The van der Waals surface area contributed by atoms with Crippen LogP contribution in [0.3, 0.4) is 0 Å². The van der Waals surface area contributed by atoms with Crippen LogP contribution in [0.5, 0.6) is 0 Å². The molecule has 1 fully saturated rings. The zero-order valence-electron chi connectivity index (χ0n) is 16.1. The Morgan fingerprint density at radius 3 is 2.97 bits per heavy atom. The van der Waals surface area contributed by atoms with Gasteiger partial charge in [-0.1, -0.05) is 0 Å². The summed E-state index contributed by atoms with van der Waals surface area (Å²) in [5.74, 6) is 0.128. The van der Waals surface area contributed by atoms with E-state index in [1.54, 1.807) is 17.1 Å². The summed E-state index contributed by atoms with van der Waals surface area (Å²) in [5, 5.41) is 19.3. The highest BCUT2D eigenvalue weighted by molar-refractivity contribution is 5.96. The summed E-state index contributed by atoms with van der Waals surface area (Å²) in [4.78, 5) is 27.3. The second kappa shape index (κ2) is 7.86. The topological polar surface area (TPSA) is 137 Å². The van der Waals surface area contributed by atoms with E-state index in [1.165, 1.54) is 6.92 Å². The lowest BCUT2D eigenvalue weighted by Gasteiger charge is -2.24. The molecule has 3 aromatic rings. The molecule has 3 aromatic heterocycles. The van der Waals surface area contributed by atoms with Crippen LogP contribution >= 0.6 is 0 Å². The fourth-order valence-corrected chi connectivity index (χ4v) is 3.21. The molecule has 0 spiro atoms. The maximum absolute atomic E-state index is 11.7. The first kappa shape index (κ1) is 18.8. The van der Waals surface area contributed by atoms with Gasteiger partial charge in [-0.15, -0.1) is 10.2 Å². The largest absolute Gasteiger partial charge is 0.466 e. The van der Waals surface area contributed by atoms with Crippen molar-refractivity contribution in [2.45, 2.75) is 45.8 Å².